The number of hydrogen-bond acceptors (Lipinski definition) is 7. The van der Waals surface area contributed by atoms with Crippen LogP contribution in [-0.2, 0) is 15.2 Å². The van der Waals surface area contributed by atoms with E-state index in [1.54, 1.807) is 0 Å². The summed E-state index contributed by atoms with van der Waals surface area (Å²) in [7, 11) is 0. The van der Waals surface area contributed by atoms with Gasteiger partial charge in [0.2, 0.25) is 0 Å². The lowest BCUT2D eigenvalue weighted by molar-refractivity contribution is -0.162. The van der Waals surface area contributed by atoms with Crippen LogP contribution in [0.25, 0.3) is 0 Å². The van der Waals surface area contributed by atoms with Crippen molar-refractivity contribution in [1.82, 2.24) is 9.55 Å². The zero-order chi connectivity index (χ0) is 17.9. The molecule has 0 spiro atoms. The minimum absolute atomic E-state index is 0.00397. The number of alkyl halides is 1. The molecular weight excluding hydrogens is 344 g/mol. The van der Waals surface area contributed by atoms with E-state index >= 15 is 0 Å². The van der Waals surface area contributed by atoms with Gasteiger partial charge in [0.15, 0.2) is 5.72 Å². The number of aromatic amines is 1. The van der Waals surface area contributed by atoms with Crippen molar-refractivity contribution in [1.29, 1.82) is 0 Å². The number of aromatic nitrogens is 2. The van der Waals surface area contributed by atoms with Gasteiger partial charge >= 0.3 is 5.69 Å². The lowest BCUT2D eigenvalue weighted by atomic mass is 9.99. The van der Waals surface area contributed by atoms with Gasteiger partial charge in [-0.15, -0.1) is 11.6 Å². The van der Waals surface area contributed by atoms with E-state index < -0.39 is 41.9 Å². The number of halogens is 1. The molecule has 0 saturated carbocycles. The van der Waals surface area contributed by atoms with E-state index in [-0.39, 0.29) is 31.1 Å². The molecule has 1 aromatic heterocycles. The molecule has 0 radical (unpaired) electrons. The predicted molar refractivity (Wildman–Crippen MR) is 84.2 cm³/mol. The highest BCUT2D eigenvalue weighted by atomic mass is 35.5. The van der Waals surface area contributed by atoms with Gasteiger partial charge in [-0.2, -0.15) is 0 Å². The van der Waals surface area contributed by atoms with Gasteiger partial charge in [0.1, 0.15) is 18.3 Å². The summed E-state index contributed by atoms with van der Waals surface area (Å²) in [6.45, 7) is 1.30. The molecule has 0 aliphatic carbocycles. The standard InChI is InChI=1S/C14H21ClN2O7/c1-8-6-17(13(22)16-12(8)21)14(2-4-23-5-3-15)11(20)10(19)9(7-18)24-14/h6,9-11,18-20H,2-5,7H2,1H3,(H,16,21,22)/t9-,10-,11-,14-/m1/s1. The van der Waals surface area contributed by atoms with Gasteiger partial charge in [-0.3, -0.25) is 14.3 Å². The summed E-state index contributed by atoms with van der Waals surface area (Å²) in [5.74, 6) is 0.274. The molecule has 1 fully saturated rings. The largest absolute Gasteiger partial charge is 0.394 e. The van der Waals surface area contributed by atoms with Crippen molar-refractivity contribution in [3.8, 4) is 0 Å². The van der Waals surface area contributed by atoms with Crippen LogP contribution in [0.15, 0.2) is 15.8 Å². The Bertz CT molecular complexity index is 676. The van der Waals surface area contributed by atoms with Crippen LogP contribution in [0.1, 0.15) is 12.0 Å². The maximum atomic E-state index is 12.2. The molecule has 136 valence electrons. The SMILES string of the molecule is Cc1cn([C@]2(CCOCCCl)O[C@H](CO)[C@@H](O)[C@H]2O)c(=O)[nH]c1=O. The van der Waals surface area contributed by atoms with E-state index in [2.05, 4.69) is 4.98 Å². The number of aryl methyl sites for hydroxylation is 1. The third-order valence-corrected chi connectivity index (χ3v) is 4.21. The number of nitrogens with one attached hydrogen (secondary N) is 1. The first-order chi connectivity index (χ1) is 11.4. The molecule has 9 nitrogen and oxygen atoms in total. The molecule has 10 heteroatoms. The molecule has 0 bridgehead atoms. The lowest BCUT2D eigenvalue weighted by Gasteiger charge is -2.34. The number of nitrogens with zero attached hydrogens (tertiary/aromatic N) is 1. The third kappa shape index (κ3) is 3.41. The van der Waals surface area contributed by atoms with Gasteiger partial charge in [-0.1, -0.05) is 0 Å². The van der Waals surface area contributed by atoms with Crippen LogP contribution in [0.5, 0.6) is 0 Å². The van der Waals surface area contributed by atoms with Crippen LogP contribution in [-0.4, -0.2) is 68.9 Å². The Kier molecular flexibility index (Phi) is 6.18. The minimum atomic E-state index is -1.68. The van der Waals surface area contributed by atoms with Gasteiger partial charge in [-0.05, 0) is 6.92 Å². The minimum Gasteiger partial charge on any atom is -0.394 e. The highest BCUT2D eigenvalue weighted by Gasteiger charge is 2.55. The fourth-order valence-electron chi connectivity index (χ4n) is 2.77. The first-order valence-corrected chi connectivity index (χ1v) is 8.02. The lowest BCUT2D eigenvalue weighted by Crippen LogP contribution is -2.52. The monoisotopic (exact) mass is 364 g/mol. The van der Waals surface area contributed by atoms with Crippen molar-refractivity contribution in [2.45, 2.75) is 37.4 Å². The van der Waals surface area contributed by atoms with E-state index in [4.69, 9.17) is 21.1 Å². The summed E-state index contributed by atoms with van der Waals surface area (Å²) in [4.78, 5) is 25.9. The maximum absolute atomic E-state index is 12.2. The quantitative estimate of drug-likeness (QED) is 0.333. The molecule has 2 heterocycles. The third-order valence-electron chi connectivity index (χ3n) is 4.06. The first-order valence-electron chi connectivity index (χ1n) is 7.49. The van der Waals surface area contributed by atoms with Crippen molar-refractivity contribution in [2.24, 2.45) is 0 Å². The Morgan fingerprint density at radius 1 is 1.42 bits per heavy atom. The van der Waals surface area contributed by atoms with Crippen LogP contribution < -0.4 is 11.2 Å². The molecule has 24 heavy (non-hydrogen) atoms. The predicted octanol–water partition coefficient (Wildman–Crippen LogP) is -1.74. The molecule has 1 aliphatic heterocycles. The second-order valence-corrected chi connectivity index (χ2v) is 5.99. The van der Waals surface area contributed by atoms with Crippen molar-refractivity contribution >= 4 is 11.6 Å². The molecule has 1 aromatic rings. The first kappa shape index (κ1) is 19.1. The summed E-state index contributed by atoms with van der Waals surface area (Å²) >= 11 is 5.54. The zero-order valence-corrected chi connectivity index (χ0v) is 13.9. The topological polar surface area (TPSA) is 134 Å². The molecule has 0 unspecified atom stereocenters. The maximum Gasteiger partial charge on any atom is 0.330 e. The Balaban J connectivity index is 2.46. The Labute approximate surface area is 142 Å². The summed E-state index contributed by atoms with van der Waals surface area (Å²) in [5.41, 5.74) is -2.80. The van der Waals surface area contributed by atoms with Crippen molar-refractivity contribution < 1.29 is 24.8 Å². The number of aliphatic hydroxyl groups excluding tert-OH is 3. The van der Waals surface area contributed by atoms with Crippen molar-refractivity contribution in [3.05, 3.63) is 32.6 Å². The second kappa shape index (κ2) is 7.77. The summed E-state index contributed by atoms with van der Waals surface area (Å²) in [5, 5.41) is 29.9. The summed E-state index contributed by atoms with van der Waals surface area (Å²) in [6, 6.07) is 0. The van der Waals surface area contributed by atoms with Crippen molar-refractivity contribution in [2.75, 3.05) is 25.7 Å². The Morgan fingerprint density at radius 2 is 2.12 bits per heavy atom. The van der Waals surface area contributed by atoms with Gasteiger partial charge < -0.3 is 24.8 Å². The van der Waals surface area contributed by atoms with Crippen LogP contribution >= 0.6 is 11.6 Å². The molecule has 0 amide bonds. The van der Waals surface area contributed by atoms with E-state index in [1.807, 2.05) is 0 Å². The van der Waals surface area contributed by atoms with Gasteiger partial charge in [0.05, 0.1) is 19.8 Å². The molecular formula is C14H21ClN2O7. The summed E-state index contributed by atoms with van der Waals surface area (Å²) < 4.78 is 12.0. The average Bonchev–Trinajstić information content (AvgIpc) is 2.80. The number of hydrogen-bond donors (Lipinski definition) is 4. The Hall–Kier alpha value is -1.23. The van der Waals surface area contributed by atoms with Crippen LogP contribution in [0, 0.1) is 6.92 Å². The second-order valence-electron chi connectivity index (χ2n) is 5.61. The number of ether oxygens (including phenoxy) is 2. The fraction of sp³-hybridized carbons (Fsp3) is 0.714. The zero-order valence-electron chi connectivity index (χ0n) is 13.1. The van der Waals surface area contributed by atoms with Crippen LogP contribution in [0.4, 0.5) is 0 Å². The molecule has 4 N–H and O–H groups in total. The van der Waals surface area contributed by atoms with E-state index in [9.17, 15) is 24.9 Å². The highest BCUT2D eigenvalue weighted by molar-refractivity contribution is 6.17. The molecule has 1 aliphatic rings. The van der Waals surface area contributed by atoms with Gasteiger partial charge in [0, 0.05) is 24.1 Å². The number of rotatable bonds is 7. The smallest absolute Gasteiger partial charge is 0.330 e. The van der Waals surface area contributed by atoms with Gasteiger partial charge in [-0.25, -0.2) is 4.79 Å². The molecule has 4 atom stereocenters. The number of H-pyrrole nitrogens is 1. The Morgan fingerprint density at radius 3 is 2.71 bits per heavy atom. The average molecular weight is 365 g/mol. The van der Waals surface area contributed by atoms with E-state index in [0.717, 1.165) is 4.57 Å². The molecule has 0 aromatic carbocycles. The van der Waals surface area contributed by atoms with Gasteiger partial charge in [0.25, 0.3) is 5.56 Å². The van der Waals surface area contributed by atoms with Crippen LogP contribution in [0.2, 0.25) is 0 Å². The normalized spacial score (nSPS) is 30.0. The molecule has 2 rings (SSSR count). The summed E-state index contributed by atoms with van der Waals surface area (Å²) in [6.07, 6.45) is -2.73. The molecule has 1 saturated heterocycles. The number of aliphatic hydroxyl groups is 3. The highest BCUT2D eigenvalue weighted by Crippen LogP contribution is 2.37. The van der Waals surface area contributed by atoms with Crippen LogP contribution in [0.3, 0.4) is 0 Å². The van der Waals surface area contributed by atoms with Crippen molar-refractivity contribution in [3.63, 3.8) is 0 Å². The van der Waals surface area contributed by atoms with E-state index in [0.29, 0.717) is 0 Å². The fourth-order valence-corrected chi connectivity index (χ4v) is 2.88. The van der Waals surface area contributed by atoms with E-state index in [1.165, 1.54) is 13.1 Å².